The van der Waals surface area contributed by atoms with Crippen molar-refractivity contribution >= 4 is 20.1 Å². The van der Waals surface area contributed by atoms with Gasteiger partial charge in [-0.3, -0.25) is 14.3 Å². The quantitative estimate of drug-likeness (QED) is 0.561. The summed E-state index contributed by atoms with van der Waals surface area (Å²) in [6, 6.07) is 9.12. The fourth-order valence-corrected chi connectivity index (χ4v) is 5.35. The summed E-state index contributed by atoms with van der Waals surface area (Å²) in [5, 5.41) is 0.681. The summed E-state index contributed by atoms with van der Waals surface area (Å²) in [5.74, 6) is 0. The van der Waals surface area contributed by atoms with E-state index in [0.29, 0.717) is 18.1 Å². The van der Waals surface area contributed by atoms with E-state index in [9.17, 15) is 9.59 Å². The van der Waals surface area contributed by atoms with Crippen molar-refractivity contribution in [2.45, 2.75) is 51.5 Å². The van der Waals surface area contributed by atoms with Crippen molar-refractivity contribution in [2.24, 2.45) is 0 Å². The molecule has 1 aliphatic heterocycles. The zero-order chi connectivity index (χ0) is 22.5. The van der Waals surface area contributed by atoms with Gasteiger partial charge in [0.1, 0.15) is 6.10 Å². The Hall–Kier alpha value is -1.54. The number of methoxy groups -OCH3 is 1. The van der Waals surface area contributed by atoms with Crippen LogP contribution in [0.25, 0.3) is 0 Å². The minimum Gasteiger partial charge on any atom is -0.379 e. The minimum absolute atomic E-state index is 0.105. The van der Waals surface area contributed by atoms with Gasteiger partial charge in [-0.1, -0.05) is 23.7 Å². The Labute approximate surface area is 188 Å². The number of rotatable bonds is 9. The van der Waals surface area contributed by atoms with Crippen molar-refractivity contribution in [2.75, 3.05) is 20.3 Å². The van der Waals surface area contributed by atoms with Crippen LogP contribution in [0.4, 0.5) is 0 Å². The number of nitrogens with one attached hydrogen (secondary N) is 1. The highest BCUT2D eigenvalue weighted by Crippen LogP contribution is 2.55. The number of aromatic amines is 1. The van der Waals surface area contributed by atoms with Crippen LogP contribution >= 0.6 is 20.1 Å². The van der Waals surface area contributed by atoms with E-state index in [1.807, 2.05) is 31.2 Å². The molecule has 0 radical (unpaired) electrons. The molecule has 31 heavy (non-hydrogen) atoms. The lowest BCUT2D eigenvalue weighted by atomic mass is 10.1. The molecule has 0 bridgehead atoms. The van der Waals surface area contributed by atoms with Crippen LogP contribution in [0.3, 0.4) is 0 Å². The average Bonchev–Trinajstić information content (AvgIpc) is 3.15. The van der Waals surface area contributed by atoms with Gasteiger partial charge in [0.05, 0.1) is 12.7 Å². The molecule has 8 nitrogen and oxygen atoms in total. The Morgan fingerprint density at radius 1 is 1.29 bits per heavy atom. The van der Waals surface area contributed by atoms with Gasteiger partial charge in [0, 0.05) is 43.0 Å². The predicted molar refractivity (Wildman–Crippen MR) is 121 cm³/mol. The van der Waals surface area contributed by atoms with Gasteiger partial charge in [-0.2, -0.15) is 0 Å². The fourth-order valence-electron chi connectivity index (χ4n) is 3.46. The molecule has 10 heteroatoms. The Morgan fingerprint density at radius 3 is 2.71 bits per heavy atom. The summed E-state index contributed by atoms with van der Waals surface area (Å²) in [4.78, 5) is 25.6. The van der Waals surface area contributed by atoms with Crippen LogP contribution < -0.4 is 11.2 Å². The molecular formula is C21H29ClN3O5P. The molecule has 1 aromatic carbocycles. The van der Waals surface area contributed by atoms with Crippen LogP contribution in [0, 0.1) is 0 Å². The molecule has 2 aromatic rings. The van der Waals surface area contributed by atoms with Gasteiger partial charge in [0.15, 0.2) is 0 Å². The highest BCUT2D eigenvalue weighted by Gasteiger charge is 2.38. The molecule has 0 amide bonds. The fraction of sp³-hybridized carbons (Fsp3) is 0.524. The second-order valence-electron chi connectivity index (χ2n) is 7.86. The van der Waals surface area contributed by atoms with E-state index in [2.05, 4.69) is 23.5 Å². The van der Waals surface area contributed by atoms with Gasteiger partial charge in [-0.05, 0) is 44.9 Å². The predicted octanol–water partition coefficient (Wildman–Crippen LogP) is 3.88. The van der Waals surface area contributed by atoms with E-state index >= 15 is 0 Å². The lowest BCUT2D eigenvalue weighted by molar-refractivity contribution is 0.0390. The number of nitrogens with zero attached hydrogens (tertiary/aromatic N) is 2. The number of ether oxygens (including phenoxy) is 1. The summed E-state index contributed by atoms with van der Waals surface area (Å²) in [5.41, 5.74) is 0.181. The molecule has 1 aliphatic rings. The molecule has 1 N–H and O–H groups in total. The maximum absolute atomic E-state index is 12.0. The van der Waals surface area contributed by atoms with Crippen molar-refractivity contribution in [1.82, 2.24) is 14.2 Å². The summed E-state index contributed by atoms with van der Waals surface area (Å²) in [6.07, 6.45) is 1.70. The van der Waals surface area contributed by atoms with E-state index in [1.165, 1.54) is 16.8 Å². The van der Waals surface area contributed by atoms with Crippen molar-refractivity contribution in [1.29, 1.82) is 0 Å². The zero-order valence-corrected chi connectivity index (χ0v) is 19.8. The molecular weight excluding hydrogens is 441 g/mol. The molecule has 4 atom stereocenters. The maximum Gasteiger partial charge on any atom is 0.328 e. The first-order valence-corrected chi connectivity index (χ1v) is 11.8. The second-order valence-corrected chi connectivity index (χ2v) is 9.75. The van der Waals surface area contributed by atoms with Crippen LogP contribution in [-0.4, -0.2) is 46.6 Å². The van der Waals surface area contributed by atoms with E-state index in [0.717, 1.165) is 12.1 Å². The van der Waals surface area contributed by atoms with Crippen LogP contribution in [0.1, 0.15) is 44.9 Å². The van der Waals surface area contributed by atoms with Crippen molar-refractivity contribution in [3.8, 4) is 0 Å². The lowest BCUT2D eigenvalue weighted by Crippen LogP contribution is -2.33. The highest BCUT2D eigenvalue weighted by atomic mass is 35.5. The molecule has 0 spiro atoms. The van der Waals surface area contributed by atoms with E-state index in [-0.39, 0.29) is 24.3 Å². The smallest absolute Gasteiger partial charge is 0.328 e. The normalized spacial score (nSPS) is 21.5. The Morgan fingerprint density at radius 2 is 2.06 bits per heavy atom. The molecule has 0 saturated carbocycles. The van der Waals surface area contributed by atoms with Gasteiger partial charge in [-0.25, -0.2) is 9.46 Å². The molecule has 1 fully saturated rings. The first-order valence-electron chi connectivity index (χ1n) is 10.2. The number of halogens is 1. The Bertz CT molecular complexity index is 982. The number of benzene rings is 1. The molecule has 0 aliphatic carbocycles. The molecule has 4 unspecified atom stereocenters. The van der Waals surface area contributed by atoms with E-state index in [4.69, 9.17) is 25.4 Å². The van der Waals surface area contributed by atoms with Crippen molar-refractivity contribution < 1.29 is 13.8 Å². The maximum atomic E-state index is 12.0. The van der Waals surface area contributed by atoms with E-state index in [1.54, 1.807) is 7.11 Å². The summed E-state index contributed by atoms with van der Waals surface area (Å²) in [6.45, 7) is 7.18. The number of aromatic nitrogens is 2. The lowest BCUT2D eigenvalue weighted by Gasteiger charge is -2.27. The number of H-pyrrole nitrogens is 1. The summed E-state index contributed by atoms with van der Waals surface area (Å²) < 4.78 is 21.7. The second kappa shape index (κ2) is 10.9. The van der Waals surface area contributed by atoms with Gasteiger partial charge in [0.2, 0.25) is 0 Å². The van der Waals surface area contributed by atoms with Crippen LogP contribution in [-0.2, 0) is 13.8 Å². The SMILES string of the molecule is COC(COP1OC(c2cccc(Cl)c2)CN1C(C)C)CC(C)n1ccc(=O)[nH]c1=O. The van der Waals surface area contributed by atoms with Gasteiger partial charge in [0.25, 0.3) is 14.1 Å². The monoisotopic (exact) mass is 469 g/mol. The topological polar surface area (TPSA) is 85.8 Å². The third-order valence-electron chi connectivity index (χ3n) is 5.23. The molecule has 170 valence electrons. The summed E-state index contributed by atoms with van der Waals surface area (Å²) in [7, 11) is 0.365. The largest absolute Gasteiger partial charge is 0.379 e. The molecule has 3 rings (SSSR count). The molecule has 2 heterocycles. The van der Waals surface area contributed by atoms with Gasteiger partial charge >= 0.3 is 5.69 Å². The third-order valence-corrected chi connectivity index (χ3v) is 7.32. The summed E-state index contributed by atoms with van der Waals surface area (Å²) >= 11 is 6.14. The average molecular weight is 470 g/mol. The molecule has 1 aromatic heterocycles. The standard InChI is InChI=1S/C21H29ClN3O5P/c1-14(2)25-12-19(16-6-5-7-17(22)11-16)30-31(25)29-13-18(28-4)10-15(3)24-9-8-20(26)23-21(24)27/h5-9,11,14-15,18-19H,10,12-13H2,1-4H3,(H,23,26,27). The first-order chi connectivity index (χ1) is 14.8. The highest BCUT2D eigenvalue weighted by molar-refractivity contribution is 7.44. The van der Waals surface area contributed by atoms with Crippen LogP contribution in [0.2, 0.25) is 5.02 Å². The van der Waals surface area contributed by atoms with Crippen molar-refractivity contribution in [3.05, 3.63) is 68.0 Å². The van der Waals surface area contributed by atoms with Crippen molar-refractivity contribution in [3.63, 3.8) is 0 Å². The Balaban J connectivity index is 1.62. The van der Waals surface area contributed by atoms with Gasteiger partial charge in [-0.15, -0.1) is 0 Å². The first kappa shape index (κ1) is 24.1. The minimum atomic E-state index is -1.25. The Kier molecular flexibility index (Phi) is 8.44. The van der Waals surface area contributed by atoms with Crippen LogP contribution in [0.5, 0.6) is 0 Å². The zero-order valence-electron chi connectivity index (χ0n) is 18.2. The van der Waals surface area contributed by atoms with Crippen LogP contribution in [0.15, 0.2) is 46.1 Å². The third kappa shape index (κ3) is 6.25. The molecule has 1 saturated heterocycles. The van der Waals surface area contributed by atoms with E-state index < -0.39 is 19.8 Å². The van der Waals surface area contributed by atoms with Gasteiger partial charge < -0.3 is 13.8 Å². The number of hydrogen-bond acceptors (Lipinski definition) is 6. The number of hydrogen-bond donors (Lipinski definition) is 1.